The van der Waals surface area contributed by atoms with Gasteiger partial charge in [-0.1, -0.05) is 6.07 Å². The highest BCUT2D eigenvalue weighted by Gasteiger charge is 1.93. The first kappa shape index (κ1) is 15.1. The quantitative estimate of drug-likeness (QED) is 0.581. The van der Waals surface area contributed by atoms with Crippen molar-refractivity contribution in [1.29, 1.82) is 0 Å². The van der Waals surface area contributed by atoms with Gasteiger partial charge in [-0.05, 0) is 51.0 Å². The largest absolute Gasteiger partial charge is 0.383 e. The second kappa shape index (κ2) is 11.1. The van der Waals surface area contributed by atoms with Crippen molar-refractivity contribution in [3.63, 3.8) is 0 Å². The number of aryl methyl sites for hydroxylation is 1. The molecule has 1 aromatic heterocycles. The van der Waals surface area contributed by atoms with Gasteiger partial charge in [0.05, 0.1) is 6.61 Å². The lowest BCUT2D eigenvalue weighted by Crippen LogP contribution is -2.25. The Morgan fingerprint density at radius 2 is 1.83 bits per heavy atom. The first-order chi connectivity index (χ1) is 8.93. The number of ether oxygens (including phenoxy) is 1. The number of nitrogens with one attached hydrogen (secondary N) is 2. The van der Waals surface area contributed by atoms with Gasteiger partial charge in [-0.2, -0.15) is 0 Å². The van der Waals surface area contributed by atoms with E-state index in [1.165, 1.54) is 5.69 Å². The van der Waals surface area contributed by atoms with E-state index in [4.69, 9.17) is 4.74 Å². The molecule has 0 fully saturated rings. The summed E-state index contributed by atoms with van der Waals surface area (Å²) in [6, 6.07) is 6.08. The normalized spacial score (nSPS) is 10.7. The zero-order valence-corrected chi connectivity index (χ0v) is 11.3. The molecule has 0 aliphatic heterocycles. The van der Waals surface area contributed by atoms with Crippen LogP contribution in [0.5, 0.6) is 0 Å². The molecule has 1 aromatic rings. The molecule has 0 amide bonds. The molecule has 2 N–H and O–H groups in total. The van der Waals surface area contributed by atoms with Gasteiger partial charge in [0.1, 0.15) is 0 Å². The Kier molecular flexibility index (Phi) is 9.34. The Balaban J connectivity index is 1.82. The zero-order chi connectivity index (χ0) is 12.9. The first-order valence-corrected chi connectivity index (χ1v) is 6.74. The fraction of sp³-hybridized carbons (Fsp3) is 0.643. The van der Waals surface area contributed by atoms with E-state index < -0.39 is 0 Å². The van der Waals surface area contributed by atoms with E-state index in [2.05, 4.69) is 21.7 Å². The molecule has 0 saturated carbocycles. The molecule has 102 valence electrons. The predicted octanol–water partition coefficient (Wildman–Crippen LogP) is 1.23. The minimum Gasteiger partial charge on any atom is -0.383 e. The number of hydrogen-bond acceptors (Lipinski definition) is 4. The molecule has 1 rings (SSSR count). The van der Waals surface area contributed by atoms with Crippen molar-refractivity contribution >= 4 is 0 Å². The lowest BCUT2D eigenvalue weighted by Gasteiger charge is -2.06. The molecule has 0 bridgehead atoms. The molecule has 4 nitrogen and oxygen atoms in total. The number of methoxy groups -OCH3 is 1. The van der Waals surface area contributed by atoms with E-state index in [0.29, 0.717) is 0 Å². The average Bonchev–Trinajstić information content (AvgIpc) is 2.42. The van der Waals surface area contributed by atoms with Crippen molar-refractivity contribution in [2.75, 3.05) is 39.9 Å². The highest BCUT2D eigenvalue weighted by Crippen LogP contribution is 1.96. The summed E-state index contributed by atoms with van der Waals surface area (Å²) in [4.78, 5) is 4.30. The van der Waals surface area contributed by atoms with Crippen LogP contribution in [0.1, 0.15) is 18.5 Å². The van der Waals surface area contributed by atoms with Crippen LogP contribution < -0.4 is 10.6 Å². The van der Waals surface area contributed by atoms with E-state index in [9.17, 15) is 0 Å². The maximum absolute atomic E-state index is 4.96. The van der Waals surface area contributed by atoms with Crippen molar-refractivity contribution < 1.29 is 4.74 Å². The van der Waals surface area contributed by atoms with Gasteiger partial charge in [-0.3, -0.25) is 4.98 Å². The van der Waals surface area contributed by atoms with Crippen molar-refractivity contribution in [3.05, 3.63) is 30.1 Å². The Bertz CT molecular complexity index is 280. The van der Waals surface area contributed by atoms with Crippen molar-refractivity contribution in [2.24, 2.45) is 0 Å². The summed E-state index contributed by atoms with van der Waals surface area (Å²) in [7, 11) is 1.73. The van der Waals surface area contributed by atoms with Crippen LogP contribution in [0.2, 0.25) is 0 Å². The van der Waals surface area contributed by atoms with E-state index in [1.54, 1.807) is 7.11 Å². The molecule has 1 heterocycles. The molecule has 0 aromatic carbocycles. The summed E-state index contributed by atoms with van der Waals surface area (Å²) in [6.45, 7) is 4.92. The topological polar surface area (TPSA) is 46.2 Å². The fourth-order valence-corrected chi connectivity index (χ4v) is 1.70. The van der Waals surface area contributed by atoms with Gasteiger partial charge in [-0.15, -0.1) is 0 Å². The third kappa shape index (κ3) is 8.17. The van der Waals surface area contributed by atoms with Crippen LogP contribution in [0.15, 0.2) is 24.4 Å². The molecule has 0 aliphatic carbocycles. The van der Waals surface area contributed by atoms with Crippen LogP contribution in [0.3, 0.4) is 0 Å². The average molecular weight is 251 g/mol. The van der Waals surface area contributed by atoms with Gasteiger partial charge in [0.15, 0.2) is 0 Å². The smallest absolute Gasteiger partial charge is 0.0587 e. The summed E-state index contributed by atoms with van der Waals surface area (Å²) in [5, 5.41) is 6.78. The van der Waals surface area contributed by atoms with Gasteiger partial charge in [0, 0.05) is 25.5 Å². The second-order valence-corrected chi connectivity index (χ2v) is 4.27. The van der Waals surface area contributed by atoms with Crippen molar-refractivity contribution in [2.45, 2.75) is 19.3 Å². The standard InChI is InChI=1S/C14H25N3O/c1-18-13-12-16-10-5-9-15-8-4-7-14-6-2-3-11-17-14/h2-3,6,11,15-16H,4-5,7-10,12-13H2,1H3. The van der Waals surface area contributed by atoms with E-state index in [-0.39, 0.29) is 0 Å². The molecular formula is C14H25N3O. The lowest BCUT2D eigenvalue weighted by atomic mass is 10.2. The summed E-state index contributed by atoms with van der Waals surface area (Å²) >= 11 is 0. The third-order valence-corrected chi connectivity index (χ3v) is 2.70. The minimum atomic E-state index is 0.789. The Morgan fingerprint density at radius 1 is 1.06 bits per heavy atom. The number of aromatic nitrogens is 1. The number of nitrogens with zero attached hydrogens (tertiary/aromatic N) is 1. The molecule has 0 aliphatic rings. The Morgan fingerprint density at radius 3 is 2.56 bits per heavy atom. The number of pyridine rings is 1. The van der Waals surface area contributed by atoms with Gasteiger partial charge in [-0.25, -0.2) is 0 Å². The summed E-state index contributed by atoms with van der Waals surface area (Å²) in [6.07, 6.45) is 5.22. The monoisotopic (exact) mass is 251 g/mol. The maximum atomic E-state index is 4.96. The van der Waals surface area contributed by atoms with E-state index in [1.807, 2.05) is 18.3 Å². The van der Waals surface area contributed by atoms with Crippen LogP contribution in [0.25, 0.3) is 0 Å². The molecule has 0 radical (unpaired) electrons. The molecule has 0 unspecified atom stereocenters. The summed E-state index contributed by atoms with van der Waals surface area (Å²) in [5.41, 5.74) is 1.18. The second-order valence-electron chi connectivity index (χ2n) is 4.27. The molecule has 18 heavy (non-hydrogen) atoms. The van der Waals surface area contributed by atoms with Crippen LogP contribution >= 0.6 is 0 Å². The summed E-state index contributed by atoms with van der Waals surface area (Å²) < 4.78 is 4.96. The lowest BCUT2D eigenvalue weighted by molar-refractivity contribution is 0.199. The molecule has 4 heteroatoms. The molecule has 0 atom stereocenters. The van der Waals surface area contributed by atoms with Crippen LogP contribution in [0.4, 0.5) is 0 Å². The van der Waals surface area contributed by atoms with E-state index >= 15 is 0 Å². The van der Waals surface area contributed by atoms with Gasteiger partial charge in [0.25, 0.3) is 0 Å². The Hall–Kier alpha value is -0.970. The number of hydrogen-bond donors (Lipinski definition) is 2. The van der Waals surface area contributed by atoms with Crippen LogP contribution in [0, 0.1) is 0 Å². The number of rotatable bonds is 11. The zero-order valence-electron chi connectivity index (χ0n) is 11.3. The van der Waals surface area contributed by atoms with Gasteiger partial charge < -0.3 is 15.4 Å². The minimum absolute atomic E-state index is 0.789. The predicted molar refractivity (Wildman–Crippen MR) is 74.8 cm³/mol. The Labute approximate surface area is 110 Å². The van der Waals surface area contributed by atoms with Crippen molar-refractivity contribution in [3.8, 4) is 0 Å². The maximum Gasteiger partial charge on any atom is 0.0587 e. The van der Waals surface area contributed by atoms with Crippen LogP contribution in [-0.2, 0) is 11.2 Å². The first-order valence-electron chi connectivity index (χ1n) is 6.74. The molecule has 0 saturated heterocycles. The van der Waals surface area contributed by atoms with Crippen LogP contribution in [-0.4, -0.2) is 44.9 Å². The molecule has 0 spiro atoms. The highest BCUT2D eigenvalue weighted by molar-refractivity contribution is 5.03. The molecular weight excluding hydrogens is 226 g/mol. The SMILES string of the molecule is COCCNCCCNCCCc1ccccn1. The summed E-state index contributed by atoms with van der Waals surface area (Å²) in [5.74, 6) is 0. The third-order valence-electron chi connectivity index (χ3n) is 2.70. The van der Waals surface area contributed by atoms with E-state index in [0.717, 1.165) is 52.0 Å². The fourth-order valence-electron chi connectivity index (χ4n) is 1.70. The van der Waals surface area contributed by atoms with Gasteiger partial charge in [0.2, 0.25) is 0 Å². The van der Waals surface area contributed by atoms with Gasteiger partial charge >= 0.3 is 0 Å². The highest BCUT2D eigenvalue weighted by atomic mass is 16.5. The van der Waals surface area contributed by atoms with Crippen molar-refractivity contribution in [1.82, 2.24) is 15.6 Å².